The number of nitrogens with one attached hydrogen (secondary N) is 1. The first-order valence-electron chi connectivity index (χ1n) is 11.1. The number of hydrogen-bond acceptors (Lipinski definition) is 4. The summed E-state index contributed by atoms with van der Waals surface area (Å²) in [6, 6.07) is 13.6. The molecule has 32 heavy (non-hydrogen) atoms. The molecular formula is C25H28ClN3O3. The van der Waals surface area contributed by atoms with Gasteiger partial charge in [-0.25, -0.2) is 0 Å². The first-order chi connectivity index (χ1) is 15.5. The van der Waals surface area contributed by atoms with E-state index in [0.29, 0.717) is 13.0 Å². The van der Waals surface area contributed by atoms with Gasteiger partial charge < -0.3 is 19.7 Å². The number of nitrogens with zero attached hydrogens (tertiary/aromatic N) is 2. The van der Waals surface area contributed by atoms with Crippen LogP contribution in [0.4, 0.5) is 0 Å². The first-order valence-corrected chi connectivity index (χ1v) is 11.4. The number of benzene rings is 2. The average molecular weight is 454 g/mol. The van der Waals surface area contributed by atoms with Gasteiger partial charge in [-0.3, -0.25) is 9.69 Å². The number of halogens is 1. The number of carbonyl (C=O) groups excluding carboxylic acids is 1. The Morgan fingerprint density at radius 3 is 2.72 bits per heavy atom. The van der Waals surface area contributed by atoms with Crippen LogP contribution in [0.15, 0.2) is 42.5 Å². The Balaban J connectivity index is 1.56. The topological polar surface area (TPSA) is 68.8 Å². The fraction of sp³-hybridized carbons (Fsp3) is 0.400. The van der Waals surface area contributed by atoms with Gasteiger partial charge in [0.25, 0.3) is 0 Å². The predicted octanol–water partition coefficient (Wildman–Crippen LogP) is 3.87. The van der Waals surface area contributed by atoms with Crippen molar-refractivity contribution in [2.45, 2.75) is 31.3 Å². The van der Waals surface area contributed by atoms with Crippen LogP contribution >= 0.6 is 11.6 Å². The van der Waals surface area contributed by atoms with E-state index in [1.54, 1.807) is 7.11 Å². The van der Waals surface area contributed by atoms with Gasteiger partial charge in [0.2, 0.25) is 5.91 Å². The third kappa shape index (κ3) is 3.29. The van der Waals surface area contributed by atoms with Crippen LogP contribution in [0.5, 0.6) is 5.75 Å². The first kappa shape index (κ1) is 21.3. The quantitative estimate of drug-likeness (QED) is 0.615. The van der Waals surface area contributed by atoms with Crippen molar-refractivity contribution in [3.63, 3.8) is 0 Å². The van der Waals surface area contributed by atoms with Crippen LogP contribution in [0.3, 0.4) is 0 Å². The Morgan fingerprint density at radius 1 is 1.25 bits per heavy atom. The van der Waals surface area contributed by atoms with Crippen molar-refractivity contribution in [1.82, 2.24) is 14.8 Å². The number of carbonyl (C=O) groups is 1. The molecule has 5 rings (SSSR count). The SMILES string of the molecule is CCC(=O)N1CC2(CN(Cc3ccccc3Cl)C2)c2c([nH]c3cc(OC)ccc23)[C@H]1CO. The summed E-state index contributed by atoms with van der Waals surface area (Å²) >= 11 is 6.39. The van der Waals surface area contributed by atoms with Crippen molar-refractivity contribution in [2.75, 3.05) is 33.4 Å². The molecule has 1 atom stereocenters. The highest BCUT2D eigenvalue weighted by Crippen LogP contribution is 2.49. The summed E-state index contributed by atoms with van der Waals surface area (Å²) in [4.78, 5) is 20.6. The Kier molecular flexibility index (Phi) is 5.40. The maximum atomic E-state index is 12.9. The third-order valence-corrected chi connectivity index (χ3v) is 7.32. The van der Waals surface area contributed by atoms with E-state index in [0.717, 1.165) is 52.6 Å². The second kappa shape index (κ2) is 8.10. The van der Waals surface area contributed by atoms with Crippen LogP contribution in [-0.4, -0.2) is 59.1 Å². The number of amides is 1. The van der Waals surface area contributed by atoms with E-state index < -0.39 is 0 Å². The lowest BCUT2D eigenvalue weighted by Crippen LogP contribution is -2.66. The van der Waals surface area contributed by atoms with Gasteiger partial charge in [-0.2, -0.15) is 0 Å². The molecule has 1 saturated heterocycles. The minimum atomic E-state index is -0.362. The number of H-pyrrole nitrogens is 1. The number of hydrogen-bond donors (Lipinski definition) is 2. The molecule has 3 heterocycles. The molecule has 1 spiro atoms. The maximum absolute atomic E-state index is 12.9. The summed E-state index contributed by atoms with van der Waals surface area (Å²) < 4.78 is 5.42. The van der Waals surface area contributed by atoms with Crippen molar-refractivity contribution >= 4 is 28.4 Å². The second-order valence-electron chi connectivity index (χ2n) is 8.92. The fourth-order valence-electron chi connectivity index (χ4n) is 5.52. The minimum absolute atomic E-state index is 0.0647. The van der Waals surface area contributed by atoms with E-state index in [1.807, 2.05) is 42.2 Å². The molecule has 1 fully saturated rings. The van der Waals surface area contributed by atoms with Gasteiger partial charge in [-0.05, 0) is 29.3 Å². The molecular weight excluding hydrogens is 426 g/mol. The summed E-state index contributed by atoms with van der Waals surface area (Å²) in [5.74, 6) is 0.844. The Morgan fingerprint density at radius 2 is 2.03 bits per heavy atom. The van der Waals surface area contributed by atoms with E-state index in [9.17, 15) is 9.90 Å². The lowest BCUT2D eigenvalue weighted by Gasteiger charge is -2.56. The fourth-order valence-corrected chi connectivity index (χ4v) is 5.71. The molecule has 2 aromatic carbocycles. The standard InChI is InChI=1S/C25H28ClN3O3/c1-3-22(31)29-15-25(13-28(14-25)11-16-6-4-5-7-19(16)26)23-18-9-8-17(32-2)10-20(18)27-24(23)21(29)12-30/h4-10,21,27,30H,3,11-15H2,1-2H3/t21-/m1/s1. The van der Waals surface area contributed by atoms with E-state index >= 15 is 0 Å². The zero-order valence-corrected chi connectivity index (χ0v) is 19.2. The largest absolute Gasteiger partial charge is 0.497 e. The van der Waals surface area contributed by atoms with Gasteiger partial charge in [0.15, 0.2) is 0 Å². The number of fused-ring (bicyclic) bond motifs is 4. The van der Waals surface area contributed by atoms with E-state index in [1.165, 1.54) is 5.56 Å². The number of aliphatic hydroxyl groups excluding tert-OH is 1. The number of rotatable bonds is 5. The van der Waals surface area contributed by atoms with Gasteiger partial charge in [-0.1, -0.05) is 36.7 Å². The Labute approximate surface area is 192 Å². The van der Waals surface area contributed by atoms with Crippen molar-refractivity contribution in [3.8, 4) is 5.75 Å². The minimum Gasteiger partial charge on any atom is -0.497 e. The van der Waals surface area contributed by atoms with Crippen molar-refractivity contribution in [1.29, 1.82) is 0 Å². The average Bonchev–Trinajstić information content (AvgIpc) is 3.17. The molecule has 2 aliphatic heterocycles. The summed E-state index contributed by atoms with van der Waals surface area (Å²) in [6.07, 6.45) is 0.416. The summed E-state index contributed by atoms with van der Waals surface area (Å²) in [7, 11) is 1.65. The zero-order chi connectivity index (χ0) is 22.5. The highest BCUT2D eigenvalue weighted by atomic mass is 35.5. The van der Waals surface area contributed by atoms with Crippen molar-refractivity contribution < 1.29 is 14.6 Å². The van der Waals surface area contributed by atoms with Crippen LogP contribution in [0.1, 0.15) is 36.2 Å². The Bertz CT molecular complexity index is 1170. The zero-order valence-electron chi connectivity index (χ0n) is 18.4. The summed E-state index contributed by atoms with van der Waals surface area (Å²) in [5.41, 5.74) is 4.08. The molecule has 0 aliphatic carbocycles. The highest BCUT2D eigenvalue weighted by molar-refractivity contribution is 6.31. The molecule has 0 saturated carbocycles. The second-order valence-corrected chi connectivity index (χ2v) is 9.32. The van der Waals surface area contributed by atoms with Crippen LogP contribution in [0.25, 0.3) is 10.9 Å². The molecule has 0 bridgehead atoms. The molecule has 3 aromatic rings. The predicted molar refractivity (Wildman–Crippen MR) is 125 cm³/mol. The van der Waals surface area contributed by atoms with E-state index in [2.05, 4.69) is 22.0 Å². The number of methoxy groups -OCH3 is 1. The van der Waals surface area contributed by atoms with Gasteiger partial charge in [-0.15, -0.1) is 0 Å². The lowest BCUT2D eigenvalue weighted by atomic mass is 9.68. The Hall–Kier alpha value is -2.54. The van der Waals surface area contributed by atoms with E-state index in [-0.39, 0.29) is 24.0 Å². The number of aromatic amines is 1. The van der Waals surface area contributed by atoms with Gasteiger partial charge >= 0.3 is 0 Å². The number of likely N-dealkylation sites (tertiary alicyclic amines) is 1. The molecule has 2 N–H and O–H groups in total. The summed E-state index contributed by atoms with van der Waals surface area (Å²) in [6.45, 7) is 4.81. The van der Waals surface area contributed by atoms with Crippen molar-refractivity contribution in [3.05, 3.63) is 64.3 Å². The maximum Gasteiger partial charge on any atom is 0.222 e. The molecule has 0 radical (unpaired) electrons. The van der Waals surface area contributed by atoms with Crippen LogP contribution in [-0.2, 0) is 16.8 Å². The lowest BCUT2D eigenvalue weighted by molar-refractivity contribution is -0.138. The number of ether oxygens (including phenoxy) is 1. The van der Waals surface area contributed by atoms with Crippen LogP contribution < -0.4 is 4.74 Å². The number of aromatic nitrogens is 1. The molecule has 1 aromatic heterocycles. The van der Waals surface area contributed by atoms with Crippen LogP contribution in [0, 0.1) is 0 Å². The molecule has 1 amide bonds. The molecule has 0 unspecified atom stereocenters. The van der Waals surface area contributed by atoms with Gasteiger partial charge in [0.1, 0.15) is 5.75 Å². The summed E-state index contributed by atoms with van der Waals surface area (Å²) in [5, 5.41) is 12.2. The van der Waals surface area contributed by atoms with Crippen LogP contribution in [0.2, 0.25) is 5.02 Å². The monoisotopic (exact) mass is 453 g/mol. The van der Waals surface area contributed by atoms with E-state index in [4.69, 9.17) is 16.3 Å². The molecule has 2 aliphatic rings. The molecule has 7 heteroatoms. The highest BCUT2D eigenvalue weighted by Gasteiger charge is 2.53. The third-order valence-electron chi connectivity index (χ3n) is 6.95. The normalized spacial score (nSPS) is 19.8. The number of aliphatic hydroxyl groups is 1. The van der Waals surface area contributed by atoms with Crippen molar-refractivity contribution in [2.24, 2.45) is 0 Å². The smallest absolute Gasteiger partial charge is 0.222 e. The molecule has 6 nitrogen and oxygen atoms in total. The van der Waals surface area contributed by atoms with Gasteiger partial charge in [0, 0.05) is 65.7 Å². The van der Waals surface area contributed by atoms with Gasteiger partial charge in [0.05, 0.1) is 19.8 Å². The molecule has 168 valence electrons.